The highest BCUT2D eigenvalue weighted by Gasteiger charge is 2.52. The predicted molar refractivity (Wildman–Crippen MR) is 73.0 cm³/mol. The molecule has 3 nitrogen and oxygen atoms in total. The molecule has 1 atom stereocenters. The van der Waals surface area contributed by atoms with Crippen molar-refractivity contribution in [1.29, 1.82) is 0 Å². The first-order chi connectivity index (χ1) is 9.26. The highest BCUT2D eigenvalue weighted by molar-refractivity contribution is 5.13. The molecule has 2 aliphatic heterocycles. The van der Waals surface area contributed by atoms with E-state index in [1.807, 2.05) is 18.2 Å². The molecule has 2 aliphatic rings. The number of ether oxygens (including phenoxy) is 3. The van der Waals surface area contributed by atoms with Crippen LogP contribution < -0.4 is 0 Å². The Kier molecular flexibility index (Phi) is 3.61. The monoisotopic (exact) mass is 262 g/mol. The molecule has 2 fully saturated rings. The Morgan fingerprint density at radius 3 is 2.53 bits per heavy atom. The van der Waals surface area contributed by atoms with E-state index in [4.69, 9.17) is 14.2 Å². The Labute approximate surface area is 114 Å². The number of hydrogen-bond donors (Lipinski definition) is 0. The topological polar surface area (TPSA) is 27.7 Å². The van der Waals surface area contributed by atoms with Gasteiger partial charge in [-0.1, -0.05) is 37.3 Å². The van der Waals surface area contributed by atoms with Crippen LogP contribution in [-0.2, 0) is 20.8 Å². The summed E-state index contributed by atoms with van der Waals surface area (Å²) in [5, 5.41) is 0. The number of benzene rings is 1. The molecule has 104 valence electrons. The van der Waals surface area contributed by atoms with Crippen molar-refractivity contribution in [2.45, 2.75) is 44.0 Å². The Hall–Kier alpha value is -0.900. The van der Waals surface area contributed by atoms with E-state index in [1.54, 1.807) is 0 Å². The molecule has 19 heavy (non-hydrogen) atoms. The van der Waals surface area contributed by atoms with Gasteiger partial charge in [0.1, 0.15) is 5.60 Å². The summed E-state index contributed by atoms with van der Waals surface area (Å²) < 4.78 is 17.5. The van der Waals surface area contributed by atoms with Gasteiger partial charge in [-0.05, 0) is 24.8 Å². The Bertz CT molecular complexity index is 413. The van der Waals surface area contributed by atoms with Crippen LogP contribution in [0.2, 0.25) is 0 Å². The Balaban J connectivity index is 1.53. The second-order valence-electron chi connectivity index (χ2n) is 5.79. The van der Waals surface area contributed by atoms with Gasteiger partial charge in [0, 0.05) is 0 Å². The quantitative estimate of drug-likeness (QED) is 0.816. The highest BCUT2D eigenvalue weighted by atomic mass is 16.6. The van der Waals surface area contributed by atoms with Crippen LogP contribution in [0.25, 0.3) is 0 Å². The standard InChI is InChI=1S/C16H22O3/c1-2-15(8-9-16(19-15)12-18-13-16)11-17-10-14-6-4-3-5-7-14/h3-7H,2,8-13H2,1H3. The summed E-state index contributed by atoms with van der Waals surface area (Å²) in [5.41, 5.74) is 1.12. The molecule has 0 aliphatic carbocycles. The van der Waals surface area contributed by atoms with Crippen LogP contribution in [-0.4, -0.2) is 31.0 Å². The van der Waals surface area contributed by atoms with Crippen molar-refractivity contribution < 1.29 is 14.2 Å². The third kappa shape index (κ3) is 2.69. The minimum absolute atomic E-state index is 0.00607. The zero-order chi connectivity index (χ0) is 13.2. The van der Waals surface area contributed by atoms with E-state index in [2.05, 4.69) is 19.1 Å². The summed E-state index contributed by atoms with van der Waals surface area (Å²) in [6.07, 6.45) is 3.20. The lowest BCUT2D eigenvalue weighted by Gasteiger charge is -2.40. The SMILES string of the molecule is CCC1(COCc2ccccc2)CCC2(COC2)O1. The van der Waals surface area contributed by atoms with Gasteiger partial charge in [-0.25, -0.2) is 0 Å². The van der Waals surface area contributed by atoms with Crippen LogP contribution in [0.15, 0.2) is 30.3 Å². The molecule has 1 unspecified atom stereocenters. The van der Waals surface area contributed by atoms with Gasteiger partial charge in [0.15, 0.2) is 0 Å². The van der Waals surface area contributed by atoms with Crippen molar-refractivity contribution in [1.82, 2.24) is 0 Å². The number of hydrogen-bond acceptors (Lipinski definition) is 3. The van der Waals surface area contributed by atoms with Crippen molar-refractivity contribution in [3.05, 3.63) is 35.9 Å². The lowest BCUT2D eigenvalue weighted by Crippen LogP contribution is -2.51. The van der Waals surface area contributed by atoms with Gasteiger partial charge < -0.3 is 14.2 Å². The van der Waals surface area contributed by atoms with E-state index in [0.717, 1.165) is 32.5 Å². The van der Waals surface area contributed by atoms with Gasteiger partial charge in [-0.3, -0.25) is 0 Å². The van der Waals surface area contributed by atoms with E-state index >= 15 is 0 Å². The summed E-state index contributed by atoms with van der Waals surface area (Å²) >= 11 is 0. The van der Waals surface area contributed by atoms with Crippen LogP contribution in [0.4, 0.5) is 0 Å². The lowest BCUT2D eigenvalue weighted by molar-refractivity contribution is -0.235. The molecule has 0 amide bonds. The van der Waals surface area contributed by atoms with Crippen LogP contribution in [0.1, 0.15) is 31.7 Å². The molecule has 0 aromatic heterocycles. The molecular weight excluding hydrogens is 240 g/mol. The zero-order valence-electron chi connectivity index (χ0n) is 11.6. The van der Waals surface area contributed by atoms with E-state index < -0.39 is 0 Å². The lowest BCUT2D eigenvalue weighted by atomic mass is 9.93. The van der Waals surface area contributed by atoms with Gasteiger partial charge in [-0.15, -0.1) is 0 Å². The molecule has 0 N–H and O–H groups in total. The minimum atomic E-state index is -0.0987. The maximum Gasteiger partial charge on any atom is 0.116 e. The van der Waals surface area contributed by atoms with Gasteiger partial charge in [0.2, 0.25) is 0 Å². The van der Waals surface area contributed by atoms with Crippen LogP contribution in [0.5, 0.6) is 0 Å². The third-order valence-electron chi connectivity index (χ3n) is 4.32. The molecule has 1 aromatic carbocycles. The van der Waals surface area contributed by atoms with Crippen LogP contribution in [0.3, 0.4) is 0 Å². The average Bonchev–Trinajstić information content (AvgIpc) is 2.81. The molecule has 3 heteroatoms. The molecule has 3 rings (SSSR count). The molecule has 2 heterocycles. The largest absolute Gasteiger partial charge is 0.375 e. The zero-order valence-corrected chi connectivity index (χ0v) is 11.6. The number of rotatable bonds is 5. The first-order valence-electron chi connectivity index (χ1n) is 7.16. The van der Waals surface area contributed by atoms with E-state index in [0.29, 0.717) is 13.2 Å². The molecule has 2 saturated heterocycles. The minimum Gasteiger partial charge on any atom is -0.375 e. The van der Waals surface area contributed by atoms with Gasteiger partial charge in [0.05, 0.1) is 32.0 Å². The summed E-state index contributed by atoms with van der Waals surface area (Å²) in [6.45, 7) is 5.04. The molecule has 0 radical (unpaired) electrons. The fourth-order valence-corrected chi connectivity index (χ4v) is 2.93. The van der Waals surface area contributed by atoms with Crippen LogP contribution in [0, 0.1) is 0 Å². The fraction of sp³-hybridized carbons (Fsp3) is 0.625. The fourth-order valence-electron chi connectivity index (χ4n) is 2.93. The summed E-state index contributed by atoms with van der Waals surface area (Å²) in [5.74, 6) is 0. The normalized spacial score (nSPS) is 28.5. The Morgan fingerprint density at radius 1 is 1.16 bits per heavy atom. The molecule has 0 bridgehead atoms. The van der Waals surface area contributed by atoms with Crippen molar-refractivity contribution in [3.8, 4) is 0 Å². The smallest absolute Gasteiger partial charge is 0.116 e. The predicted octanol–water partition coefficient (Wildman–Crippen LogP) is 2.93. The van der Waals surface area contributed by atoms with Gasteiger partial charge in [0.25, 0.3) is 0 Å². The van der Waals surface area contributed by atoms with E-state index in [9.17, 15) is 0 Å². The first kappa shape index (κ1) is 13.1. The second kappa shape index (κ2) is 5.23. The molecule has 0 saturated carbocycles. The first-order valence-corrected chi connectivity index (χ1v) is 7.16. The maximum atomic E-state index is 6.31. The molecular formula is C16H22O3. The summed E-state index contributed by atoms with van der Waals surface area (Å²) in [7, 11) is 0. The van der Waals surface area contributed by atoms with Gasteiger partial charge in [-0.2, -0.15) is 0 Å². The highest BCUT2D eigenvalue weighted by Crippen LogP contribution is 2.44. The van der Waals surface area contributed by atoms with Crippen molar-refractivity contribution in [2.75, 3.05) is 19.8 Å². The maximum absolute atomic E-state index is 6.31. The van der Waals surface area contributed by atoms with Crippen molar-refractivity contribution >= 4 is 0 Å². The molecule has 1 spiro atoms. The summed E-state index contributed by atoms with van der Waals surface area (Å²) in [6, 6.07) is 10.3. The summed E-state index contributed by atoms with van der Waals surface area (Å²) in [4.78, 5) is 0. The van der Waals surface area contributed by atoms with Crippen molar-refractivity contribution in [3.63, 3.8) is 0 Å². The van der Waals surface area contributed by atoms with Crippen LogP contribution >= 0.6 is 0 Å². The van der Waals surface area contributed by atoms with E-state index in [-0.39, 0.29) is 11.2 Å². The molecule has 1 aromatic rings. The van der Waals surface area contributed by atoms with Crippen molar-refractivity contribution in [2.24, 2.45) is 0 Å². The third-order valence-corrected chi connectivity index (χ3v) is 4.32. The Morgan fingerprint density at radius 2 is 1.95 bits per heavy atom. The second-order valence-corrected chi connectivity index (χ2v) is 5.79. The average molecular weight is 262 g/mol. The van der Waals surface area contributed by atoms with Gasteiger partial charge >= 0.3 is 0 Å². The van der Waals surface area contributed by atoms with E-state index in [1.165, 1.54) is 5.56 Å².